The zero-order chi connectivity index (χ0) is 11.0. The Morgan fingerprint density at radius 1 is 1.50 bits per heavy atom. The summed E-state index contributed by atoms with van der Waals surface area (Å²) in [5.74, 6) is 5.10. The molecule has 0 saturated carbocycles. The normalized spacial score (nSPS) is 11.4. The van der Waals surface area contributed by atoms with E-state index in [1.54, 1.807) is 7.05 Å². The van der Waals surface area contributed by atoms with E-state index in [1.165, 1.54) is 0 Å². The summed E-state index contributed by atoms with van der Waals surface area (Å²) >= 11 is 0. The van der Waals surface area contributed by atoms with Gasteiger partial charge in [0, 0.05) is 24.7 Å². The first-order valence-electron chi connectivity index (χ1n) is 4.31. The highest BCUT2D eigenvalue weighted by atomic mass is 14.8. The molecule has 14 heavy (non-hydrogen) atoms. The maximum atomic E-state index is 5.34. The van der Waals surface area contributed by atoms with Gasteiger partial charge in [-0.1, -0.05) is 24.1 Å². The van der Waals surface area contributed by atoms with Crippen LogP contribution in [0.5, 0.6) is 0 Å². The van der Waals surface area contributed by atoms with Crippen molar-refractivity contribution < 1.29 is 0 Å². The minimum Gasteiger partial charge on any atom is -0.388 e. The van der Waals surface area contributed by atoms with Crippen LogP contribution in [0, 0.1) is 24.7 Å². The highest BCUT2D eigenvalue weighted by molar-refractivity contribution is 5.45. The van der Waals surface area contributed by atoms with Crippen LogP contribution < -0.4 is 5.32 Å². The smallest absolute Gasteiger partial charge is 0.0470 e. The summed E-state index contributed by atoms with van der Waals surface area (Å²) in [6.45, 7) is 5.74. The van der Waals surface area contributed by atoms with E-state index >= 15 is 0 Å². The van der Waals surface area contributed by atoms with Crippen molar-refractivity contribution in [3.05, 3.63) is 35.6 Å². The average Bonchev–Trinajstić information content (AvgIpc) is 2.21. The van der Waals surface area contributed by atoms with E-state index in [4.69, 9.17) is 12.8 Å². The number of hydrogen-bond acceptors (Lipinski definition) is 1. The highest BCUT2D eigenvalue weighted by Crippen LogP contribution is 2.07. The number of nitrogens with one attached hydrogen (secondary N) is 1. The summed E-state index contributed by atoms with van der Waals surface area (Å²) in [6, 6.07) is 0. The van der Waals surface area contributed by atoms with Gasteiger partial charge in [-0.3, -0.25) is 0 Å². The third kappa shape index (κ3) is 4.24. The summed E-state index contributed by atoms with van der Waals surface area (Å²) in [5, 5.41) is 2.90. The van der Waals surface area contributed by atoms with Crippen molar-refractivity contribution in [3.63, 3.8) is 0 Å². The van der Waals surface area contributed by atoms with Gasteiger partial charge >= 0.3 is 0 Å². The van der Waals surface area contributed by atoms with Crippen molar-refractivity contribution in [1.82, 2.24) is 5.32 Å². The van der Waals surface area contributed by atoms with E-state index in [-0.39, 0.29) is 0 Å². The van der Waals surface area contributed by atoms with Crippen LogP contribution in [0.4, 0.5) is 0 Å². The predicted octanol–water partition coefficient (Wildman–Crippen LogP) is 2.25. The fourth-order valence-electron chi connectivity index (χ4n) is 0.857. The van der Waals surface area contributed by atoms with Crippen LogP contribution in [0.15, 0.2) is 35.6 Å². The van der Waals surface area contributed by atoms with Gasteiger partial charge in [-0.25, -0.2) is 0 Å². The van der Waals surface area contributed by atoms with Gasteiger partial charge in [0.2, 0.25) is 0 Å². The molecule has 0 heterocycles. The molecule has 0 aliphatic rings. The van der Waals surface area contributed by atoms with Crippen LogP contribution in [0.3, 0.4) is 0 Å². The molecule has 1 nitrogen and oxygen atoms in total. The van der Waals surface area contributed by atoms with E-state index in [0.29, 0.717) is 6.42 Å². The molecule has 1 N–H and O–H groups in total. The molecule has 0 aliphatic carbocycles. The molecule has 1 heteroatoms. The van der Waals surface area contributed by atoms with Gasteiger partial charge in [-0.2, -0.15) is 0 Å². The number of allylic oxidation sites excluding steroid dienone is 4. The van der Waals surface area contributed by atoms with Gasteiger partial charge in [-0.05, 0) is 13.0 Å². The Morgan fingerprint density at radius 2 is 2.14 bits per heavy atom. The molecule has 0 aromatic heterocycles. The van der Waals surface area contributed by atoms with Gasteiger partial charge in [0.05, 0.1) is 0 Å². The van der Waals surface area contributed by atoms with Crippen molar-refractivity contribution in [1.29, 1.82) is 0 Å². The molecule has 0 rings (SSSR count). The zero-order valence-electron chi connectivity index (χ0n) is 8.72. The van der Waals surface area contributed by atoms with Crippen LogP contribution in [-0.4, -0.2) is 7.05 Å². The van der Waals surface area contributed by atoms with Gasteiger partial charge in [0.25, 0.3) is 0 Å². The number of terminal acetylenes is 2. The first-order chi connectivity index (χ1) is 6.65. The summed E-state index contributed by atoms with van der Waals surface area (Å²) in [6.07, 6.45) is 14.9. The lowest BCUT2D eigenvalue weighted by molar-refractivity contribution is 1.02. The summed E-state index contributed by atoms with van der Waals surface area (Å²) in [5.41, 5.74) is 2.53. The maximum absolute atomic E-state index is 5.34. The van der Waals surface area contributed by atoms with Gasteiger partial charge in [-0.15, -0.1) is 18.8 Å². The average molecular weight is 185 g/mol. The van der Waals surface area contributed by atoms with Crippen LogP contribution in [0.25, 0.3) is 0 Å². The topological polar surface area (TPSA) is 12.0 Å². The fourth-order valence-corrected chi connectivity index (χ4v) is 0.857. The van der Waals surface area contributed by atoms with Crippen molar-refractivity contribution in [2.45, 2.75) is 13.3 Å². The second-order valence-electron chi connectivity index (χ2n) is 2.79. The predicted molar refractivity (Wildman–Crippen MR) is 62.3 cm³/mol. The Morgan fingerprint density at radius 3 is 2.57 bits per heavy atom. The summed E-state index contributed by atoms with van der Waals surface area (Å²) < 4.78 is 0. The monoisotopic (exact) mass is 185 g/mol. The summed E-state index contributed by atoms with van der Waals surface area (Å²) in [4.78, 5) is 0. The third-order valence-corrected chi connectivity index (χ3v) is 1.70. The quantitative estimate of drug-likeness (QED) is 0.523. The molecular formula is C13H15N. The molecule has 0 unspecified atom stereocenters. The molecule has 72 valence electrons. The van der Waals surface area contributed by atoms with Crippen LogP contribution in [0.2, 0.25) is 0 Å². The molecule has 0 aromatic rings. The van der Waals surface area contributed by atoms with Crippen molar-refractivity contribution >= 4 is 0 Å². The Balaban J connectivity index is 4.72. The third-order valence-electron chi connectivity index (χ3n) is 1.70. The fraction of sp³-hybridized carbons (Fsp3) is 0.231. The molecular weight excluding hydrogens is 170 g/mol. The van der Waals surface area contributed by atoms with E-state index in [9.17, 15) is 0 Å². The largest absolute Gasteiger partial charge is 0.388 e. The Hall–Kier alpha value is -1.86. The SMILES string of the molecule is C#CC/C=C(C)\C=C(\C#C)C(=C)NC. The lowest BCUT2D eigenvalue weighted by Crippen LogP contribution is -2.05. The minimum absolute atomic E-state index is 0.617. The van der Waals surface area contributed by atoms with Crippen molar-refractivity contribution in [2.75, 3.05) is 7.05 Å². The van der Waals surface area contributed by atoms with E-state index in [0.717, 1.165) is 16.8 Å². The second kappa shape index (κ2) is 6.63. The molecule has 0 aliphatic heterocycles. The molecule has 0 aromatic carbocycles. The van der Waals surface area contributed by atoms with Gasteiger partial charge in [0.1, 0.15) is 0 Å². The van der Waals surface area contributed by atoms with Gasteiger partial charge < -0.3 is 5.32 Å². The highest BCUT2D eigenvalue weighted by Gasteiger charge is 1.95. The molecule has 0 saturated heterocycles. The number of likely N-dealkylation sites (N-methyl/N-ethyl adjacent to an activating group) is 1. The summed E-state index contributed by atoms with van der Waals surface area (Å²) in [7, 11) is 1.79. The molecule has 0 fully saturated rings. The second-order valence-corrected chi connectivity index (χ2v) is 2.79. The first kappa shape index (κ1) is 12.1. The zero-order valence-corrected chi connectivity index (χ0v) is 8.72. The maximum Gasteiger partial charge on any atom is 0.0470 e. The molecule has 0 amide bonds. The number of hydrogen-bond donors (Lipinski definition) is 1. The Kier molecular flexibility index (Phi) is 5.75. The Labute approximate surface area is 86.6 Å². The van der Waals surface area contributed by atoms with Crippen molar-refractivity contribution in [3.8, 4) is 24.7 Å². The number of rotatable bonds is 4. The van der Waals surface area contributed by atoms with E-state index in [2.05, 4.69) is 23.7 Å². The standard InChI is InChI=1S/C13H15N/c1-6-8-9-11(3)10-13(7-2)12(4)14-5/h1-2,9-10,14H,4,8H2,3,5H3/b11-9-,13-10-. The first-order valence-corrected chi connectivity index (χ1v) is 4.31. The minimum atomic E-state index is 0.617. The van der Waals surface area contributed by atoms with E-state index in [1.807, 2.05) is 19.1 Å². The van der Waals surface area contributed by atoms with Crippen LogP contribution in [-0.2, 0) is 0 Å². The van der Waals surface area contributed by atoms with Crippen LogP contribution >= 0.6 is 0 Å². The molecule has 0 spiro atoms. The van der Waals surface area contributed by atoms with E-state index < -0.39 is 0 Å². The molecule has 0 bridgehead atoms. The van der Waals surface area contributed by atoms with Crippen LogP contribution in [0.1, 0.15) is 13.3 Å². The Bertz CT molecular complexity index is 342. The molecule has 0 atom stereocenters. The lowest BCUT2D eigenvalue weighted by Gasteiger charge is -2.03. The van der Waals surface area contributed by atoms with Gasteiger partial charge in [0.15, 0.2) is 0 Å². The lowest BCUT2D eigenvalue weighted by atomic mass is 10.1. The molecule has 0 radical (unpaired) electrons. The van der Waals surface area contributed by atoms with Crippen molar-refractivity contribution in [2.24, 2.45) is 0 Å².